The summed E-state index contributed by atoms with van der Waals surface area (Å²) < 4.78 is 44.6. The van der Waals surface area contributed by atoms with Crippen molar-refractivity contribution in [2.75, 3.05) is 13.7 Å². The van der Waals surface area contributed by atoms with Gasteiger partial charge in [-0.2, -0.15) is 0 Å². The van der Waals surface area contributed by atoms with Crippen LogP contribution in [0, 0.1) is 11.6 Å². The fraction of sp³-hybridized carbons (Fsp3) is 0.500. The first kappa shape index (κ1) is 20.4. The molecule has 0 aliphatic carbocycles. The van der Waals surface area contributed by atoms with Gasteiger partial charge < -0.3 is 19.4 Å². The van der Waals surface area contributed by atoms with Crippen LogP contribution in [-0.2, 0) is 14.1 Å². The quantitative estimate of drug-likeness (QED) is 0.813. The molecule has 0 aromatic heterocycles. The minimum Gasteiger partial charge on any atom is -0.491 e. The molecule has 8 heteroatoms. The summed E-state index contributed by atoms with van der Waals surface area (Å²) in [5.74, 6) is -2.31. The lowest BCUT2D eigenvalue weighted by Gasteiger charge is -2.32. The lowest BCUT2D eigenvalue weighted by atomic mass is 9.77. The first-order valence-electron chi connectivity index (χ1n) is 8.30. The second kappa shape index (κ2) is 7.36. The van der Waals surface area contributed by atoms with Gasteiger partial charge >= 0.3 is 7.12 Å². The van der Waals surface area contributed by atoms with E-state index in [9.17, 15) is 13.6 Å². The van der Waals surface area contributed by atoms with Crippen LogP contribution in [0.4, 0.5) is 8.78 Å². The number of rotatable bonds is 5. The summed E-state index contributed by atoms with van der Waals surface area (Å²) in [6.07, 6.45) is 1.55. The highest BCUT2D eigenvalue weighted by Gasteiger charge is 2.52. The van der Waals surface area contributed by atoms with Crippen LogP contribution in [0.15, 0.2) is 17.6 Å². The summed E-state index contributed by atoms with van der Waals surface area (Å²) in [5.41, 5.74) is -0.342. The summed E-state index contributed by atoms with van der Waals surface area (Å²) >= 11 is 0. The van der Waals surface area contributed by atoms with Crippen molar-refractivity contribution >= 4 is 19.1 Å². The van der Waals surface area contributed by atoms with Crippen molar-refractivity contribution in [1.82, 2.24) is 5.32 Å². The molecule has 1 aromatic rings. The van der Waals surface area contributed by atoms with Crippen LogP contribution in [0.25, 0.3) is 6.08 Å². The van der Waals surface area contributed by atoms with E-state index in [2.05, 4.69) is 5.32 Å². The van der Waals surface area contributed by atoms with E-state index in [1.165, 1.54) is 14.0 Å². The van der Waals surface area contributed by atoms with Crippen molar-refractivity contribution in [2.24, 2.45) is 0 Å². The number of hydrogen-bond donors (Lipinski definition) is 1. The highest BCUT2D eigenvalue weighted by molar-refractivity contribution is 6.56. The van der Waals surface area contributed by atoms with Gasteiger partial charge in [0, 0.05) is 13.5 Å². The van der Waals surface area contributed by atoms with E-state index in [-0.39, 0.29) is 18.0 Å². The second-order valence-electron chi connectivity index (χ2n) is 7.24. The highest BCUT2D eigenvalue weighted by Crippen LogP contribution is 2.39. The van der Waals surface area contributed by atoms with Crippen molar-refractivity contribution < 1.29 is 27.6 Å². The standard InChI is InChI=1S/C18H24BF2NO4/c1-11(23)22-10-13(19-25-17(2,3)18(4,5)26-19)7-12-8-14(20)16(24-6)15(21)9-12/h7-9H,10H2,1-6H3,(H,22,23). The Bertz CT molecular complexity index is 695. The molecule has 5 nitrogen and oxygen atoms in total. The molecule has 1 aromatic carbocycles. The minimum atomic E-state index is -0.813. The summed E-state index contributed by atoms with van der Waals surface area (Å²) in [6, 6.07) is 2.31. The summed E-state index contributed by atoms with van der Waals surface area (Å²) in [5, 5.41) is 2.67. The summed E-state index contributed by atoms with van der Waals surface area (Å²) in [7, 11) is 0.448. The number of amides is 1. The highest BCUT2D eigenvalue weighted by atomic mass is 19.1. The van der Waals surface area contributed by atoms with Gasteiger partial charge in [0.25, 0.3) is 0 Å². The number of hydrogen-bond acceptors (Lipinski definition) is 4. The molecule has 0 spiro atoms. The number of ether oxygens (including phenoxy) is 1. The summed E-state index contributed by atoms with van der Waals surface area (Å²) in [4.78, 5) is 11.3. The number of nitrogens with one attached hydrogen (secondary N) is 1. The van der Waals surface area contributed by atoms with Gasteiger partial charge in [0.2, 0.25) is 5.91 Å². The Morgan fingerprint density at radius 2 is 1.69 bits per heavy atom. The van der Waals surface area contributed by atoms with Crippen molar-refractivity contribution in [3.63, 3.8) is 0 Å². The fourth-order valence-electron chi connectivity index (χ4n) is 2.50. The molecule has 1 amide bonds. The molecular formula is C18H24BF2NO4. The maximum absolute atomic E-state index is 14.0. The number of methoxy groups -OCH3 is 1. The Balaban J connectivity index is 2.39. The van der Waals surface area contributed by atoms with E-state index in [1.54, 1.807) is 6.08 Å². The average Bonchev–Trinajstić information content (AvgIpc) is 2.71. The van der Waals surface area contributed by atoms with Gasteiger partial charge in [-0.05, 0) is 50.9 Å². The molecule has 1 heterocycles. The second-order valence-corrected chi connectivity index (χ2v) is 7.24. The smallest absolute Gasteiger partial charge is 0.491 e. The average molecular weight is 367 g/mol. The third-order valence-corrected chi connectivity index (χ3v) is 4.67. The first-order valence-corrected chi connectivity index (χ1v) is 8.30. The Hall–Kier alpha value is -1.93. The number of carbonyl (C=O) groups is 1. The largest absolute Gasteiger partial charge is 0.492 e. The first-order chi connectivity index (χ1) is 12.0. The molecule has 1 aliphatic heterocycles. The van der Waals surface area contributed by atoms with Crippen molar-refractivity contribution in [2.45, 2.75) is 45.8 Å². The minimum absolute atomic E-state index is 0.126. The molecule has 142 valence electrons. The van der Waals surface area contributed by atoms with E-state index >= 15 is 0 Å². The number of carbonyl (C=O) groups excluding carboxylic acids is 1. The van der Waals surface area contributed by atoms with Gasteiger partial charge in [-0.3, -0.25) is 4.79 Å². The number of halogens is 2. The summed E-state index contributed by atoms with van der Waals surface area (Å²) in [6.45, 7) is 9.10. The van der Waals surface area contributed by atoms with Crippen molar-refractivity contribution in [3.8, 4) is 5.75 Å². The molecule has 0 saturated carbocycles. The molecule has 1 saturated heterocycles. The molecule has 0 atom stereocenters. The molecule has 0 radical (unpaired) electrons. The fourth-order valence-corrected chi connectivity index (χ4v) is 2.50. The van der Waals surface area contributed by atoms with Crippen LogP contribution in [-0.4, -0.2) is 37.9 Å². The van der Waals surface area contributed by atoms with E-state index in [4.69, 9.17) is 14.0 Å². The molecule has 1 N–H and O–H groups in total. The molecule has 1 fully saturated rings. The molecule has 2 rings (SSSR count). The maximum Gasteiger partial charge on any atom is 0.492 e. The molecular weight excluding hydrogens is 343 g/mol. The molecule has 1 aliphatic rings. The van der Waals surface area contributed by atoms with Gasteiger partial charge in [-0.25, -0.2) is 8.78 Å². The van der Waals surface area contributed by atoms with Crippen LogP contribution < -0.4 is 10.1 Å². The Morgan fingerprint density at radius 1 is 1.19 bits per heavy atom. The monoisotopic (exact) mass is 367 g/mol. The van der Waals surface area contributed by atoms with Gasteiger partial charge in [-0.1, -0.05) is 6.08 Å². The lowest BCUT2D eigenvalue weighted by Crippen LogP contribution is -2.41. The number of benzene rings is 1. The SMILES string of the molecule is COc1c(F)cc(C=C(CNC(C)=O)B2OC(C)(C)C(C)(C)O2)cc1F. The predicted octanol–water partition coefficient (Wildman–Crippen LogP) is 3.12. The van der Waals surface area contributed by atoms with Crippen LogP contribution in [0.3, 0.4) is 0 Å². The van der Waals surface area contributed by atoms with Crippen molar-refractivity contribution in [1.29, 1.82) is 0 Å². The maximum atomic E-state index is 14.0. The van der Waals surface area contributed by atoms with Gasteiger partial charge in [0.15, 0.2) is 17.4 Å². The van der Waals surface area contributed by atoms with Crippen LogP contribution in [0.5, 0.6) is 5.75 Å². The zero-order valence-corrected chi connectivity index (χ0v) is 15.9. The van der Waals surface area contributed by atoms with Gasteiger partial charge in [-0.15, -0.1) is 0 Å². The van der Waals surface area contributed by atoms with Gasteiger partial charge in [0.05, 0.1) is 18.3 Å². The van der Waals surface area contributed by atoms with Gasteiger partial charge in [0.1, 0.15) is 0 Å². The van der Waals surface area contributed by atoms with E-state index < -0.39 is 35.7 Å². The Morgan fingerprint density at radius 3 is 2.12 bits per heavy atom. The Kier molecular flexibility index (Phi) is 5.77. The van der Waals surface area contributed by atoms with Crippen molar-refractivity contribution in [3.05, 3.63) is 34.8 Å². The van der Waals surface area contributed by atoms with Crippen LogP contribution >= 0.6 is 0 Å². The normalized spacial score (nSPS) is 18.8. The zero-order chi connectivity index (χ0) is 19.7. The molecule has 0 bridgehead atoms. The van der Waals surface area contributed by atoms with E-state index in [0.29, 0.717) is 5.47 Å². The van der Waals surface area contributed by atoms with Crippen LogP contribution in [0.2, 0.25) is 0 Å². The lowest BCUT2D eigenvalue weighted by molar-refractivity contribution is -0.118. The molecule has 0 unspecified atom stereocenters. The topological polar surface area (TPSA) is 56.8 Å². The van der Waals surface area contributed by atoms with E-state index in [1.807, 2.05) is 27.7 Å². The molecule has 26 heavy (non-hydrogen) atoms. The zero-order valence-electron chi connectivity index (χ0n) is 15.9. The third kappa shape index (κ3) is 4.24. The Labute approximate surface area is 152 Å². The predicted molar refractivity (Wildman–Crippen MR) is 95.7 cm³/mol. The van der Waals surface area contributed by atoms with E-state index in [0.717, 1.165) is 12.1 Å². The van der Waals surface area contributed by atoms with Crippen LogP contribution in [0.1, 0.15) is 40.2 Å². The third-order valence-electron chi connectivity index (χ3n) is 4.67.